The van der Waals surface area contributed by atoms with Crippen molar-refractivity contribution in [2.24, 2.45) is 23.7 Å². The molecule has 2 heterocycles. The predicted molar refractivity (Wildman–Crippen MR) is 84.8 cm³/mol. The number of amides is 3. The molecular weight excluding hydrogens is 308 g/mol. The molecule has 2 aliphatic carbocycles. The summed E-state index contributed by atoms with van der Waals surface area (Å²) in [4.78, 5) is 38.4. The van der Waals surface area contributed by atoms with E-state index < -0.39 is 0 Å². The van der Waals surface area contributed by atoms with Gasteiger partial charge in [0.05, 0.1) is 23.7 Å². The SMILES string of the molecule is Cc1occc1C(=O)NCCCN1C(=O)C2C3C=CC(C3)C2C1=O. The lowest BCUT2D eigenvalue weighted by atomic mass is 9.85. The van der Waals surface area contributed by atoms with E-state index in [0.29, 0.717) is 30.8 Å². The number of likely N-dealkylation sites (tertiary alicyclic amines) is 1. The maximum Gasteiger partial charge on any atom is 0.254 e. The molecule has 1 aliphatic heterocycles. The fourth-order valence-electron chi connectivity index (χ4n) is 4.34. The number of hydrogen-bond acceptors (Lipinski definition) is 4. The van der Waals surface area contributed by atoms with E-state index in [-0.39, 0.29) is 41.4 Å². The van der Waals surface area contributed by atoms with Crippen molar-refractivity contribution >= 4 is 17.7 Å². The van der Waals surface area contributed by atoms with Gasteiger partial charge in [0.15, 0.2) is 0 Å². The largest absolute Gasteiger partial charge is 0.469 e. The van der Waals surface area contributed by atoms with Crippen LogP contribution in [0.2, 0.25) is 0 Å². The third-order valence-electron chi connectivity index (χ3n) is 5.51. The average molecular weight is 328 g/mol. The first-order valence-corrected chi connectivity index (χ1v) is 8.44. The molecule has 6 heteroatoms. The monoisotopic (exact) mass is 328 g/mol. The van der Waals surface area contributed by atoms with E-state index in [4.69, 9.17) is 4.42 Å². The Labute approximate surface area is 139 Å². The minimum Gasteiger partial charge on any atom is -0.469 e. The molecule has 0 aromatic carbocycles. The fourth-order valence-corrected chi connectivity index (χ4v) is 4.34. The Morgan fingerprint density at radius 1 is 1.25 bits per heavy atom. The molecule has 3 aliphatic rings. The lowest BCUT2D eigenvalue weighted by Crippen LogP contribution is -2.35. The van der Waals surface area contributed by atoms with Gasteiger partial charge in [-0.1, -0.05) is 12.2 Å². The van der Waals surface area contributed by atoms with Crippen molar-refractivity contribution in [2.75, 3.05) is 13.1 Å². The van der Waals surface area contributed by atoms with Gasteiger partial charge in [-0.15, -0.1) is 0 Å². The minimum absolute atomic E-state index is 0.0288. The van der Waals surface area contributed by atoms with Gasteiger partial charge in [-0.25, -0.2) is 0 Å². The van der Waals surface area contributed by atoms with Crippen LogP contribution >= 0.6 is 0 Å². The fraction of sp³-hybridized carbons (Fsp3) is 0.500. The van der Waals surface area contributed by atoms with E-state index in [1.54, 1.807) is 13.0 Å². The Kier molecular flexibility index (Phi) is 3.55. The summed E-state index contributed by atoms with van der Waals surface area (Å²) in [5.41, 5.74) is 0.514. The highest BCUT2D eigenvalue weighted by Crippen LogP contribution is 2.52. The average Bonchev–Trinajstić information content (AvgIpc) is 3.31. The molecule has 1 saturated heterocycles. The zero-order chi connectivity index (χ0) is 16.8. The molecule has 2 fully saturated rings. The van der Waals surface area contributed by atoms with Gasteiger partial charge in [0, 0.05) is 13.1 Å². The van der Waals surface area contributed by atoms with E-state index >= 15 is 0 Å². The minimum atomic E-state index is -0.195. The van der Waals surface area contributed by atoms with Gasteiger partial charge < -0.3 is 9.73 Å². The number of furan rings is 1. The highest BCUT2D eigenvalue weighted by molar-refractivity contribution is 6.06. The third-order valence-corrected chi connectivity index (χ3v) is 5.51. The summed E-state index contributed by atoms with van der Waals surface area (Å²) in [5.74, 6) is 0.520. The van der Waals surface area contributed by atoms with Crippen LogP contribution in [-0.2, 0) is 9.59 Å². The molecule has 0 radical (unpaired) electrons. The van der Waals surface area contributed by atoms with E-state index in [0.717, 1.165) is 6.42 Å². The van der Waals surface area contributed by atoms with Crippen molar-refractivity contribution < 1.29 is 18.8 Å². The summed E-state index contributed by atoms with van der Waals surface area (Å²) in [5, 5.41) is 2.80. The van der Waals surface area contributed by atoms with Crippen molar-refractivity contribution in [3.63, 3.8) is 0 Å². The van der Waals surface area contributed by atoms with Gasteiger partial charge >= 0.3 is 0 Å². The first-order chi connectivity index (χ1) is 11.6. The standard InChI is InChI=1S/C18H20N2O4/c1-10-13(5-8-24-10)16(21)19-6-2-7-20-17(22)14-11-3-4-12(9-11)15(14)18(20)23/h3-5,8,11-12,14-15H,2,6-7,9H2,1H3,(H,19,21). The molecule has 126 valence electrons. The molecule has 4 atom stereocenters. The van der Waals surface area contributed by atoms with Crippen molar-refractivity contribution in [3.05, 3.63) is 35.8 Å². The van der Waals surface area contributed by atoms with Crippen LogP contribution in [0.25, 0.3) is 0 Å². The maximum absolute atomic E-state index is 12.5. The second-order valence-electron chi connectivity index (χ2n) is 6.83. The van der Waals surface area contributed by atoms with Crippen LogP contribution in [-0.4, -0.2) is 35.7 Å². The highest BCUT2D eigenvalue weighted by atomic mass is 16.3. The van der Waals surface area contributed by atoms with E-state index in [2.05, 4.69) is 17.5 Å². The van der Waals surface area contributed by atoms with Crippen LogP contribution in [0.5, 0.6) is 0 Å². The van der Waals surface area contributed by atoms with Gasteiger partial charge in [-0.2, -0.15) is 0 Å². The van der Waals surface area contributed by atoms with Crippen molar-refractivity contribution in [2.45, 2.75) is 19.8 Å². The highest BCUT2D eigenvalue weighted by Gasteiger charge is 2.58. The molecule has 1 N–H and O–H groups in total. The number of allylic oxidation sites excluding steroid dienone is 2. The quantitative estimate of drug-likeness (QED) is 0.505. The van der Waals surface area contributed by atoms with Gasteiger partial charge in [-0.05, 0) is 37.7 Å². The Balaban J connectivity index is 1.30. The molecule has 1 aromatic heterocycles. The molecule has 4 rings (SSSR count). The van der Waals surface area contributed by atoms with Crippen LogP contribution in [0.4, 0.5) is 0 Å². The van der Waals surface area contributed by atoms with E-state index in [1.165, 1.54) is 11.2 Å². The molecular formula is C18H20N2O4. The lowest BCUT2D eigenvalue weighted by molar-refractivity contribution is -0.140. The summed E-state index contributed by atoms with van der Waals surface area (Å²) < 4.78 is 5.11. The molecule has 1 saturated carbocycles. The maximum atomic E-state index is 12.5. The van der Waals surface area contributed by atoms with Crippen LogP contribution in [0.1, 0.15) is 29.0 Å². The van der Waals surface area contributed by atoms with Crippen LogP contribution in [0, 0.1) is 30.6 Å². The van der Waals surface area contributed by atoms with E-state index in [1.807, 2.05) is 0 Å². The normalized spacial score (nSPS) is 30.3. The van der Waals surface area contributed by atoms with Crippen molar-refractivity contribution in [1.82, 2.24) is 10.2 Å². The molecule has 6 nitrogen and oxygen atoms in total. The van der Waals surface area contributed by atoms with Gasteiger partial charge in [0.1, 0.15) is 5.76 Å². The van der Waals surface area contributed by atoms with Gasteiger partial charge in [0.25, 0.3) is 5.91 Å². The number of carbonyl (C=O) groups excluding carboxylic acids is 3. The van der Waals surface area contributed by atoms with Crippen molar-refractivity contribution in [3.8, 4) is 0 Å². The first kappa shape index (κ1) is 15.2. The zero-order valence-corrected chi connectivity index (χ0v) is 13.5. The van der Waals surface area contributed by atoms with Crippen LogP contribution in [0.3, 0.4) is 0 Å². The molecule has 2 bridgehead atoms. The number of rotatable bonds is 5. The summed E-state index contributed by atoms with van der Waals surface area (Å²) >= 11 is 0. The van der Waals surface area contributed by atoms with E-state index in [9.17, 15) is 14.4 Å². The molecule has 1 aromatic rings. The number of nitrogens with one attached hydrogen (secondary N) is 1. The van der Waals surface area contributed by atoms with Crippen molar-refractivity contribution in [1.29, 1.82) is 0 Å². The Hall–Kier alpha value is -2.37. The topological polar surface area (TPSA) is 79.6 Å². The van der Waals surface area contributed by atoms with Gasteiger partial charge in [0.2, 0.25) is 11.8 Å². The predicted octanol–water partition coefficient (Wildman–Crippen LogP) is 1.52. The number of aryl methyl sites for hydroxylation is 1. The van der Waals surface area contributed by atoms with Crippen LogP contribution < -0.4 is 5.32 Å². The summed E-state index contributed by atoms with van der Waals surface area (Å²) in [6, 6.07) is 1.63. The molecule has 0 spiro atoms. The van der Waals surface area contributed by atoms with Gasteiger partial charge in [-0.3, -0.25) is 19.3 Å². The number of fused-ring (bicyclic) bond motifs is 5. The number of nitrogens with zero attached hydrogens (tertiary/aromatic N) is 1. The van der Waals surface area contributed by atoms with Crippen LogP contribution in [0.15, 0.2) is 28.9 Å². The number of carbonyl (C=O) groups is 3. The summed E-state index contributed by atoms with van der Waals surface area (Å²) in [7, 11) is 0. The first-order valence-electron chi connectivity index (χ1n) is 8.44. The Morgan fingerprint density at radius 2 is 1.92 bits per heavy atom. The third kappa shape index (κ3) is 2.20. The summed E-state index contributed by atoms with van der Waals surface area (Å²) in [6.07, 6.45) is 7.16. The number of hydrogen-bond donors (Lipinski definition) is 1. The molecule has 3 amide bonds. The lowest BCUT2D eigenvalue weighted by Gasteiger charge is -2.17. The smallest absolute Gasteiger partial charge is 0.254 e. The molecule has 4 unspecified atom stereocenters. The summed E-state index contributed by atoms with van der Waals surface area (Å²) in [6.45, 7) is 2.52. The second-order valence-corrected chi connectivity index (χ2v) is 6.83. The second kappa shape index (κ2) is 5.61. The number of imide groups is 1. The molecule has 24 heavy (non-hydrogen) atoms. The zero-order valence-electron chi connectivity index (χ0n) is 13.5. The Morgan fingerprint density at radius 3 is 2.50 bits per heavy atom. The Bertz CT molecular complexity index is 705.